The number of nitrogens with one attached hydrogen (secondary N) is 1. The van der Waals surface area contributed by atoms with E-state index in [9.17, 15) is 4.79 Å². The van der Waals surface area contributed by atoms with Gasteiger partial charge in [0.15, 0.2) is 11.5 Å². The van der Waals surface area contributed by atoms with Crippen LogP contribution in [0.1, 0.15) is 17.5 Å². The third kappa shape index (κ3) is 6.19. The van der Waals surface area contributed by atoms with Crippen molar-refractivity contribution in [2.75, 3.05) is 39.2 Å². The second-order valence-corrected chi connectivity index (χ2v) is 8.39. The minimum Gasteiger partial charge on any atom is -0.493 e. The second-order valence-electron chi connectivity index (χ2n) is 8.39. The largest absolute Gasteiger partial charge is 0.493 e. The number of benzene rings is 2. The van der Waals surface area contributed by atoms with Gasteiger partial charge in [0.25, 0.3) is 0 Å². The minimum atomic E-state index is -0.0892. The Hall–Kier alpha value is -3.85. The van der Waals surface area contributed by atoms with Gasteiger partial charge in [-0.2, -0.15) is 4.98 Å². The molecule has 4 rings (SSSR count). The van der Waals surface area contributed by atoms with Crippen LogP contribution in [0.2, 0.25) is 0 Å². The summed E-state index contributed by atoms with van der Waals surface area (Å²) in [7, 11) is 3.14. The molecule has 1 amide bonds. The zero-order chi connectivity index (χ0) is 24.8. The van der Waals surface area contributed by atoms with Crippen LogP contribution < -0.4 is 24.3 Å². The predicted octanol–water partition coefficient (Wildman–Crippen LogP) is 3.99. The van der Waals surface area contributed by atoms with Crippen LogP contribution >= 0.6 is 0 Å². The lowest BCUT2D eigenvalue weighted by Gasteiger charge is -2.17. The molecule has 9 nitrogen and oxygen atoms in total. The van der Waals surface area contributed by atoms with Gasteiger partial charge < -0.3 is 24.3 Å². The first-order valence-electron chi connectivity index (χ1n) is 11.4. The van der Waals surface area contributed by atoms with Crippen LogP contribution in [-0.4, -0.2) is 60.7 Å². The van der Waals surface area contributed by atoms with Gasteiger partial charge in [-0.1, -0.05) is 18.2 Å². The molecule has 9 heteroatoms. The maximum atomic E-state index is 12.6. The van der Waals surface area contributed by atoms with Crippen molar-refractivity contribution in [2.45, 2.75) is 26.4 Å². The number of carbonyl (C=O) groups excluding carboxylic acids is 1. The molecule has 0 bridgehead atoms. The molecule has 1 unspecified atom stereocenters. The number of amides is 1. The van der Waals surface area contributed by atoms with Gasteiger partial charge in [-0.15, -0.1) is 0 Å². The maximum Gasteiger partial charge on any atom is 0.241 e. The minimum absolute atomic E-state index is 0.0341. The molecule has 1 saturated heterocycles. The van der Waals surface area contributed by atoms with E-state index in [2.05, 4.69) is 20.2 Å². The molecule has 0 saturated carbocycles. The summed E-state index contributed by atoms with van der Waals surface area (Å²) < 4.78 is 22.4. The molecule has 1 fully saturated rings. The number of anilines is 1. The lowest BCUT2D eigenvalue weighted by Crippen LogP contribution is -2.33. The average Bonchev–Trinajstić information content (AvgIpc) is 3.28. The van der Waals surface area contributed by atoms with E-state index in [1.165, 1.54) is 6.20 Å². The van der Waals surface area contributed by atoms with Crippen molar-refractivity contribution in [1.29, 1.82) is 0 Å². The zero-order valence-corrected chi connectivity index (χ0v) is 20.4. The Labute approximate surface area is 205 Å². The monoisotopic (exact) mass is 478 g/mol. The number of aryl methyl sites for hydroxylation is 2. The Kier molecular flexibility index (Phi) is 7.67. The number of rotatable bonds is 9. The SMILES string of the molecule is COc1ccc(Oc2cncc(OC3CCN(CC(=O)Nc4c(C)cccc4C)C3)n2)cc1OC. The maximum absolute atomic E-state index is 12.6. The summed E-state index contributed by atoms with van der Waals surface area (Å²) >= 11 is 0. The van der Waals surface area contributed by atoms with Gasteiger partial charge in [0.2, 0.25) is 17.7 Å². The number of methoxy groups -OCH3 is 2. The Balaban J connectivity index is 1.31. The van der Waals surface area contributed by atoms with Crippen molar-refractivity contribution in [1.82, 2.24) is 14.9 Å². The zero-order valence-electron chi connectivity index (χ0n) is 20.4. The van der Waals surface area contributed by atoms with Crippen LogP contribution in [0, 0.1) is 13.8 Å². The lowest BCUT2D eigenvalue weighted by atomic mass is 10.1. The quantitative estimate of drug-likeness (QED) is 0.493. The number of ether oxygens (including phenoxy) is 4. The summed E-state index contributed by atoms with van der Waals surface area (Å²) in [5.41, 5.74) is 2.98. The fourth-order valence-electron chi connectivity index (χ4n) is 4.04. The molecule has 1 aliphatic heterocycles. The number of nitrogens with zero attached hydrogens (tertiary/aromatic N) is 3. The number of carbonyl (C=O) groups is 1. The van der Waals surface area contributed by atoms with Crippen molar-refractivity contribution in [3.05, 3.63) is 59.9 Å². The molecule has 0 aliphatic carbocycles. The number of hydrogen-bond donors (Lipinski definition) is 1. The van der Waals surface area contributed by atoms with Gasteiger partial charge in [-0.05, 0) is 43.5 Å². The molecule has 35 heavy (non-hydrogen) atoms. The van der Waals surface area contributed by atoms with Crippen molar-refractivity contribution >= 4 is 11.6 Å². The Morgan fingerprint density at radius 1 is 1.06 bits per heavy atom. The summed E-state index contributed by atoms with van der Waals surface area (Å²) in [5, 5.41) is 3.04. The highest BCUT2D eigenvalue weighted by Crippen LogP contribution is 2.33. The molecule has 1 N–H and O–H groups in total. The van der Waals surface area contributed by atoms with Crippen LogP contribution in [0.15, 0.2) is 48.8 Å². The third-order valence-corrected chi connectivity index (χ3v) is 5.80. The molecule has 2 heterocycles. The summed E-state index contributed by atoms with van der Waals surface area (Å²) in [4.78, 5) is 23.3. The third-order valence-electron chi connectivity index (χ3n) is 5.80. The summed E-state index contributed by atoms with van der Waals surface area (Å²) in [6.07, 6.45) is 3.77. The summed E-state index contributed by atoms with van der Waals surface area (Å²) in [6.45, 7) is 5.68. The van der Waals surface area contributed by atoms with Crippen LogP contribution in [0.25, 0.3) is 0 Å². The van der Waals surface area contributed by atoms with Gasteiger partial charge in [-0.25, -0.2) is 0 Å². The average molecular weight is 479 g/mol. The molecule has 0 spiro atoms. The topological polar surface area (TPSA) is 95.0 Å². The van der Waals surface area contributed by atoms with E-state index in [-0.39, 0.29) is 12.0 Å². The summed E-state index contributed by atoms with van der Waals surface area (Å²) in [5.74, 6) is 2.34. The molecule has 2 aromatic carbocycles. The van der Waals surface area contributed by atoms with Crippen molar-refractivity contribution in [2.24, 2.45) is 0 Å². The van der Waals surface area contributed by atoms with Gasteiger partial charge in [0.1, 0.15) is 11.9 Å². The highest BCUT2D eigenvalue weighted by atomic mass is 16.5. The predicted molar refractivity (Wildman–Crippen MR) is 132 cm³/mol. The van der Waals surface area contributed by atoms with Crippen molar-refractivity contribution < 1.29 is 23.7 Å². The number of para-hydroxylation sites is 1. The van der Waals surface area contributed by atoms with Gasteiger partial charge >= 0.3 is 0 Å². The smallest absolute Gasteiger partial charge is 0.241 e. The summed E-state index contributed by atoms with van der Waals surface area (Å²) in [6, 6.07) is 11.2. The lowest BCUT2D eigenvalue weighted by molar-refractivity contribution is -0.117. The highest BCUT2D eigenvalue weighted by molar-refractivity contribution is 5.93. The van der Waals surface area contributed by atoms with E-state index in [1.807, 2.05) is 32.0 Å². The standard InChI is InChI=1S/C26H30N4O5/c1-17-6-5-7-18(2)26(17)28-23(31)16-30-11-10-20(15-30)35-25-14-27-13-24(29-25)34-19-8-9-21(32-3)22(12-19)33-4/h5-9,12-14,20H,10-11,15-16H2,1-4H3,(H,28,31). The van der Waals surface area contributed by atoms with Crippen LogP contribution in [0.3, 0.4) is 0 Å². The molecular formula is C26H30N4O5. The fourth-order valence-corrected chi connectivity index (χ4v) is 4.04. The van der Waals surface area contributed by atoms with E-state index >= 15 is 0 Å². The first-order valence-corrected chi connectivity index (χ1v) is 11.4. The van der Waals surface area contributed by atoms with Crippen LogP contribution in [-0.2, 0) is 4.79 Å². The van der Waals surface area contributed by atoms with E-state index in [1.54, 1.807) is 38.6 Å². The highest BCUT2D eigenvalue weighted by Gasteiger charge is 2.26. The molecule has 1 atom stereocenters. The molecule has 184 valence electrons. The normalized spacial score (nSPS) is 15.5. The Morgan fingerprint density at radius 3 is 2.54 bits per heavy atom. The molecule has 1 aliphatic rings. The van der Waals surface area contributed by atoms with E-state index in [0.29, 0.717) is 42.1 Å². The molecule has 3 aromatic rings. The number of likely N-dealkylation sites (tertiary alicyclic amines) is 1. The fraction of sp³-hybridized carbons (Fsp3) is 0.346. The van der Waals surface area contributed by atoms with E-state index < -0.39 is 0 Å². The molecule has 0 radical (unpaired) electrons. The van der Waals surface area contributed by atoms with Gasteiger partial charge in [0, 0.05) is 24.8 Å². The second kappa shape index (κ2) is 11.1. The van der Waals surface area contributed by atoms with E-state index in [0.717, 1.165) is 29.8 Å². The van der Waals surface area contributed by atoms with Crippen LogP contribution in [0.5, 0.6) is 29.0 Å². The van der Waals surface area contributed by atoms with Crippen molar-refractivity contribution in [3.8, 4) is 29.0 Å². The van der Waals surface area contributed by atoms with Crippen LogP contribution in [0.4, 0.5) is 5.69 Å². The van der Waals surface area contributed by atoms with Gasteiger partial charge in [0.05, 0.1) is 33.2 Å². The van der Waals surface area contributed by atoms with Gasteiger partial charge in [-0.3, -0.25) is 14.7 Å². The first-order chi connectivity index (χ1) is 16.9. The van der Waals surface area contributed by atoms with Crippen molar-refractivity contribution in [3.63, 3.8) is 0 Å². The Bertz CT molecular complexity index is 1170. The Morgan fingerprint density at radius 2 is 1.80 bits per heavy atom. The first kappa shape index (κ1) is 24.3. The number of aromatic nitrogens is 2. The molecular weight excluding hydrogens is 448 g/mol. The number of hydrogen-bond acceptors (Lipinski definition) is 8. The van der Waals surface area contributed by atoms with E-state index in [4.69, 9.17) is 18.9 Å². The molecule has 1 aromatic heterocycles.